The van der Waals surface area contributed by atoms with E-state index in [0.29, 0.717) is 4.90 Å². The van der Waals surface area contributed by atoms with Crippen LogP contribution in [0.15, 0.2) is 29.2 Å². The Balaban J connectivity index is 1.95. The van der Waals surface area contributed by atoms with E-state index in [4.69, 9.17) is 0 Å². The molecule has 2 aliphatic rings. The zero-order valence-corrected chi connectivity index (χ0v) is 11.7. The highest BCUT2D eigenvalue weighted by atomic mass is 32.2. The summed E-state index contributed by atoms with van der Waals surface area (Å²) >= 11 is 0. The lowest BCUT2D eigenvalue weighted by molar-refractivity contribution is -0.123. The van der Waals surface area contributed by atoms with Gasteiger partial charge in [-0.1, -0.05) is 18.2 Å². The summed E-state index contributed by atoms with van der Waals surface area (Å²) in [6, 6.07) is 6.98. The molecule has 0 bridgehead atoms. The third kappa shape index (κ3) is 2.39. The highest BCUT2D eigenvalue weighted by Gasteiger charge is 2.49. The zero-order valence-electron chi connectivity index (χ0n) is 10.8. The third-order valence-corrected chi connectivity index (χ3v) is 5.02. The van der Waals surface area contributed by atoms with E-state index in [9.17, 15) is 13.2 Å². The van der Waals surface area contributed by atoms with Crippen LogP contribution in [0.2, 0.25) is 0 Å². The second-order valence-corrected chi connectivity index (χ2v) is 7.60. The van der Waals surface area contributed by atoms with Crippen LogP contribution in [0.1, 0.15) is 31.2 Å². The first-order valence-electron chi connectivity index (χ1n) is 6.54. The van der Waals surface area contributed by atoms with Gasteiger partial charge in [0.15, 0.2) is 9.84 Å². The Kier molecular flexibility index (Phi) is 2.71. The first-order valence-corrected chi connectivity index (χ1v) is 8.43. The summed E-state index contributed by atoms with van der Waals surface area (Å²) in [4.78, 5) is 12.3. The number of nitrogens with one attached hydrogen (secondary N) is 1. The SMILES string of the molecule is CS(=O)(=O)c1ccccc1C1(NC(=O)C2CC2)CC1. The highest BCUT2D eigenvalue weighted by Crippen LogP contribution is 2.48. The molecule has 1 amide bonds. The van der Waals surface area contributed by atoms with Crippen LogP contribution in [0, 0.1) is 5.92 Å². The lowest BCUT2D eigenvalue weighted by Crippen LogP contribution is -2.36. The van der Waals surface area contributed by atoms with Crippen molar-refractivity contribution in [1.29, 1.82) is 0 Å². The van der Waals surface area contributed by atoms with E-state index in [1.807, 2.05) is 12.1 Å². The predicted molar refractivity (Wildman–Crippen MR) is 71.3 cm³/mol. The third-order valence-electron chi connectivity index (χ3n) is 3.86. The fourth-order valence-electron chi connectivity index (χ4n) is 2.46. The number of hydrogen-bond donors (Lipinski definition) is 1. The van der Waals surface area contributed by atoms with Crippen molar-refractivity contribution in [3.8, 4) is 0 Å². The van der Waals surface area contributed by atoms with Crippen molar-refractivity contribution in [3.63, 3.8) is 0 Å². The minimum Gasteiger partial charge on any atom is -0.346 e. The maximum Gasteiger partial charge on any atom is 0.223 e. The molecular formula is C14H17NO3S. The first kappa shape index (κ1) is 12.7. The number of rotatable bonds is 4. The topological polar surface area (TPSA) is 63.2 Å². The molecule has 0 saturated heterocycles. The molecule has 1 aromatic rings. The van der Waals surface area contributed by atoms with E-state index < -0.39 is 15.4 Å². The van der Waals surface area contributed by atoms with Gasteiger partial charge in [-0.2, -0.15) is 0 Å². The van der Waals surface area contributed by atoms with Crippen molar-refractivity contribution in [2.24, 2.45) is 5.92 Å². The van der Waals surface area contributed by atoms with Crippen LogP contribution in [0.5, 0.6) is 0 Å². The van der Waals surface area contributed by atoms with E-state index >= 15 is 0 Å². The van der Waals surface area contributed by atoms with E-state index in [1.165, 1.54) is 6.26 Å². The van der Waals surface area contributed by atoms with E-state index in [0.717, 1.165) is 31.2 Å². The van der Waals surface area contributed by atoms with E-state index in [1.54, 1.807) is 12.1 Å². The largest absolute Gasteiger partial charge is 0.346 e. The van der Waals surface area contributed by atoms with Crippen molar-refractivity contribution < 1.29 is 13.2 Å². The second-order valence-electron chi connectivity index (χ2n) is 5.61. The van der Waals surface area contributed by atoms with Gasteiger partial charge in [0, 0.05) is 12.2 Å². The molecule has 0 aliphatic heterocycles. The first-order chi connectivity index (χ1) is 8.92. The summed E-state index contributed by atoms with van der Waals surface area (Å²) in [5.74, 6) is 0.212. The Hall–Kier alpha value is -1.36. The standard InChI is InChI=1S/C14H17NO3S/c1-19(17,18)12-5-3-2-4-11(12)14(8-9-14)15-13(16)10-6-7-10/h2-5,10H,6-9H2,1H3,(H,15,16). The molecular weight excluding hydrogens is 262 g/mol. The summed E-state index contributed by atoms with van der Waals surface area (Å²) < 4.78 is 23.7. The number of carbonyl (C=O) groups is 1. The van der Waals surface area contributed by atoms with Gasteiger partial charge < -0.3 is 5.32 Å². The number of sulfone groups is 1. The molecule has 1 aromatic carbocycles. The molecule has 1 N–H and O–H groups in total. The highest BCUT2D eigenvalue weighted by molar-refractivity contribution is 7.90. The van der Waals surface area contributed by atoms with Crippen molar-refractivity contribution >= 4 is 15.7 Å². The fraction of sp³-hybridized carbons (Fsp3) is 0.500. The zero-order chi connectivity index (χ0) is 13.7. The molecule has 19 heavy (non-hydrogen) atoms. The quantitative estimate of drug-likeness (QED) is 0.910. The molecule has 2 fully saturated rings. The summed E-state index contributed by atoms with van der Waals surface area (Å²) in [6.07, 6.45) is 4.76. The number of amides is 1. The predicted octanol–water partition coefficient (Wildman–Crippen LogP) is 1.61. The molecule has 102 valence electrons. The Morgan fingerprint density at radius 3 is 2.42 bits per heavy atom. The van der Waals surface area contributed by atoms with Crippen LogP contribution >= 0.6 is 0 Å². The van der Waals surface area contributed by atoms with E-state index in [-0.39, 0.29) is 11.8 Å². The van der Waals surface area contributed by atoms with Crippen molar-refractivity contribution in [3.05, 3.63) is 29.8 Å². The van der Waals surface area contributed by atoms with Crippen molar-refractivity contribution in [2.75, 3.05) is 6.26 Å². The van der Waals surface area contributed by atoms with Gasteiger partial charge in [-0.25, -0.2) is 8.42 Å². The van der Waals surface area contributed by atoms with E-state index in [2.05, 4.69) is 5.32 Å². The number of hydrogen-bond acceptors (Lipinski definition) is 3. The average molecular weight is 279 g/mol. The smallest absolute Gasteiger partial charge is 0.223 e. The summed E-state index contributed by atoms with van der Waals surface area (Å²) in [6.45, 7) is 0. The van der Waals surface area contributed by atoms with Crippen LogP contribution in [0.4, 0.5) is 0 Å². The van der Waals surface area contributed by atoms with Gasteiger partial charge >= 0.3 is 0 Å². The molecule has 0 atom stereocenters. The Morgan fingerprint density at radius 1 is 1.26 bits per heavy atom. The minimum atomic E-state index is -3.27. The molecule has 4 nitrogen and oxygen atoms in total. The molecule has 5 heteroatoms. The van der Waals surface area contributed by atoms with Crippen LogP contribution < -0.4 is 5.32 Å². The Morgan fingerprint density at radius 2 is 1.89 bits per heavy atom. The Labute approximate surface area is 113 Å². The number of benzene rings is 1. The van der Waals surface area contributed by atoms with Gasteiger partial charge in [-0.15, -0.1) is 0 Å². The van der Waals surface area contributed by atoms with Gasteiger partial charge in [0.2, 0.25) is 5.91 Å². The van der Waals surface area contributed by atoms with Gasteiger partial charge in [0.1, 0.15) is 0 Å². The molecule has 0 aromatic heterocycles. The van der Waals surface area contributed by atoms with Crippen molar-refractivity contribution in [1.82, 2.24) is 5.32 Å². The van der Waals surface area contributed by atoms with Crippen LogP contribution in [-0.2, 0) is 20.2 Å². The summed E-state index contributed by atoms with van der Waals surface area (Å²) in [5, 5.41) is 3.05. The van der Waals surface area contributed by atoms with Crippen LogP contribution in [-0.4, -0.2) is 20.6 Å². The number of carbonyl (C=O) groups excluding carboxylic acids is 1. The maximum absolute atomic E-state index is 11.9. The lowest BCUT2D eigenvalue weighted by Gasteiger charge is -2.20. The molecule has 3 rings (SSSR count). The molecule has 0 heterocycles. The monoisotopic (exact) mass is 279 g/mol. The minimum absolute atomic E-state index is 0.0702. The fourth-order valence-corrected chi connectivity index (χ4v) is 3.44. The summed E-state index contributed by atoms with van der Waals surface area (Å²) in [7, 11) is -3.27. The summed E-state index contributed by atoms with van der Waals surface area (Å²) in [5.41, 5.74) is 0.297. The van der Waals surface area contributed by atoms with Gasteiger partial charge in [-0.05, 0) is 37.3 Å². The molecule has 0 spiro atoms. The average Bonchev–Trinajstić information content (AvgIpc) is 3.23. The van der Waals surface area contributed by atoms with Crippen LogP contribution in [0.25, 0.3) is 0 Å². The van der Waals surface area contributed by atoms with Gasteiger partial charge in [0.05, 0.1) is 10.4 Å². The molecule has 0 unspecified atom stereocenters. The van der Waals surface area contributed by atoms with Gasteiger partial charge in [0.25, 0.3) is 0 Å². The van der Waals surface area contributed by atoms with Crippen LogP contribution in [0.3, 0.4) is 0 Å². The van der Waals surface area contributed by atoms with Gasteiger partial charge in [-0.3, -0.25) is 4.79 Å². The molecule has 0 radical (unpaired) electrons. The molecule has 2 saturated carbocycles. The molecule has 2 aliphatic carbocycles. The van der Waals surface area contributed by atoms with Crippen molar-refractivity contribution in [2.45, 2.75) is 36.1 Å². The second kappa shape index (κ2) is 4.07. The normalized spacial score (nSPS) is 20.9. The lowest BCUT2D eigenvalue weighted by atomic mass is 10.0. The Bertz CT molecular complexity index is 628. The maximum atomic E-state index is 11.9.